The zero-order chi connectivity index (χ0) is 17.5. The fourth-order valence-electron chi connectivity index (χ4n) is 2.41. The third-order valence-electron chi connectivity index (χ3n) is 3.84. The van der Waals surface area contributed by atoms with Gasteiger partial charge in [0, 0.05) is 43.9 Å². The number of hydrogen-bond acceptors (Lipinski definition) is 6. The Morgan fingerprint density at radius 1 is 1.08 bits per heavy atom. The summed E-state index contributed by atoms with van der Waals surface area (Å²) in [7, 11) is 3.67. The lowest BCUT2D eigenvalue weighted by Crippen LogP contribution is -2.21. The number of likely N-dealkylation sites (N-methyl/N-ethyl adjacent to an activating group) is 1. The highest BCUT2D eigenvalue weighted by Crippen LogP contribution is 2.20. The molecular weight excluding hydrogens is 314 g/mol. The van der Waals surface area contributed by atoms with Crippen molar-refractivity contribution in [3.8, 4) is 5.75 Å². The summed E-state index contributed by atoms with van der Waals surface area (Å²) in [6, 6.07) is 13.6. The van der Waals surface area contributed by atoms with Gasteiger partial charge in [0.15, 0.2) is 0 Å². The van der Waals surface area contributed by atoms with Gasteiger partial charge in [0.1, 0.15) is 11.6 Å². The van der Waals surface area contributed by atoms with Crippen molar-refractivity contribution < 1.29 is 4.74 Å². The van der Waals surface area contributed by atoms with Crippen LogP contribution in [0.5, 0.6) is 5.75 Å². The van der Waals surface area contributed by atoms with E-state index in [-0.39, 0.29) is 0 Å². The zero-order valence-electron chi connectivity index (χ0n) is 14.4. The van der Waals surface area contributed by atoms with E-state index in [9.17, 15) is 0 Å². The number of nitrogens with zero attached hydrogens (tertiary/aromatic N) is 4. The highest BCUT2D eigenvalue weighted by molar-refractivity contribution is 5.57. The van der Waals surface area contributed by atoms with Crippen molar-refractivity contribution in [2.45, 2.75) is 6.42 Å². The van der Waals surface area contributed by atoms with Gasteiger partial charge in [0.2, 0.25) is 5.95 Å². The Morgan fingerprint density at radius 2 is 1.92 bits per heavy atom. The van der Waals surface area contributed by atoms with E-state index in [4.69, 9.17) is 4.74 Å². The topological polar surface area (TPSA) is 63.2 Å². The monoisotopic (exact) mass is 335 g/mol. The highest BCUT2D eigenvalue weighted by atomic mass is 16.5. The van der Waals surface area contributed by atoms with Crippen molar-refractivity contribution in [3.05, 3.63) is 66.6 Å². The van der Waals surface area contributed by atoms with E-state index in [0.717, 1.165) is 30.2 Å². The average molecular weight is 335 g/mol. The minimum Gasteiger partial charge on any atom is -0.497 e. The summed E-state index contributed by atoms with van der Waals surface area (Å²) in [6.07, 6.45) is 6.32. The molecule has 0 bridgehead atoms. The Labute approximate surface area is 147 Å². The number of pyridine rings is 1. The molecule has 0 aliphatic heterocycles. The third kappa shape index (κ3) is 4.67. The summed E-state index contributed by atoms with van der Waals surface area (Å²) < 4.78 is 5.23. The van der Waals surface area contributed by atoms with Crippen molar-refractivity contribution in [2.24, 2.45) is 0 Å². The van der Waals surface area contributed by atoms with Gasteiger partial charge in [-0.25, -0.2) is 4.98 Å². The van der Waals surface area contributed by atoms with Crippen LogP contribution in [0.1, 0.15) is 5.56 Å². The number of hydrogen-bond donors (Lipinski definition) is 1. The van der Waals surface area contributed by atoms with Crippen molar-refractivity contribution in [1.29, 1.82) is 0 Å². The molecular formula is C19H21N5O. The summed E-state index contributed by atoms with van der Waals surface area (Å²) in [5.41, 5.74) is 2.14. The molecule has 3 rings (SSSR count). The zero-order valence-corrected chi connectivity index (χ0v) is 14.4. The first kappa shape index (κ1) is 16.7. The van der Waals surface area contributed by atoms with E-state index in [2.05, 4.69) is 25.2 Å². The molecule has 0 aliphatic rings. The Balaban J connectivity index is 1.66. The average Bonchev–Trinajstić information content (AvgIpc) is 2.67. The molecule has 6 heteroatoms. The van der Waals surface area contributed by atoms with Crippen LogP contribution in [-0.4, -0.2) is 35.7 Å². The molecule has 3 aromatic rings. The lowest BCUT2D eigenvalue weighted by molar-refractivity contribution is 0.415. The van der Waals surface area contributed by atoms with Gasteiger partial charge in [-0.3, -0.25) is 4.98 Å². The van der Waals surface area contributed by atoms with Gasteiger partial charge in [0.05, 0.1) is 7.11 Å². The Hall–Kier alpha value is -3.15. The molecule has 1 aromatic carbocycles. The van der Waals surface area contributed by atoms with Crippen LogP contribution in [0.15, 0.2) is 61.1 Å². The molecule has 0 radical (unpaired) electrons. The van der Waals surface area contributed by atoms with Crippen LogP contribution in [0.4, 0.5) is 17.5 Å². The van der Waals surface area contributed by atoms with E-state index in [1.54, 1.807) is 13.3 Å². The van der Waals surface area contributed by atoms with Crippen LogP contribution in [0.2, 0.25) is 0 Å². The number of aromatic nitrogens is 3. The predicted octanol–water partition coefficient (Wildman–Crippen LogP) is 3.30. The second-order valence-corrected chi connectivity index (χ2v) is 5.62. The van der Waals surface area contributed by atoms with E-state index in [0.29, 0.717) is 5.95 Å². The van der Waals surface area contributed by atoms with E-state index in [1.165, 1.54) is 5.56 Å². The molecule has 2 aromatic heterocycles. The molecule has 0 unspecified atom stereocenters. The number of nitrogens with one attached hydrogen (secondary N) is 1. The summed E-state index contributed by atoms with van der Waals surface area (Å²) >= 11 is 0. The lowest BCUT2D eigenvalue weighted by Gasteiger charge is -2.18. The first-order valence-electron chi connectivity index (χ1n) is 8.09. The first-order valence-corrected chi connectivity index (χ1v) is 8.09. The lowest BCUT2D eigenvalue weighted by atomic mass is 10.2. The molecule has 0 saturated heterocycles. The largest absolute Gasteiger partial charge is 0.497 e. The van der Waals surface area contributed by atoms with Gasteiger partial charge in [-0.2, -0.15) is 4.98 Å². The highest BCUT2D eigenvalue weighted by Gasteiger charge is 2.06. The fraction of sp³-hybridized carbons (Fsp3) is 0.211. The second-order valence-electron chi connectivity index (χ2n) is 5.62. The van der Waals surface area contributed by atoms with Crippen molar-refractivity contribution in [3.63, 3.8) is 0 Å². The maximum absolute atomic E-state index is 5.23. The normalized spacial score (nSPS) is 10.3. The van der Waals surface area contributed by atoms with Crippen LogP contribution >= 0.6 is 0 Å². The molecule has 2 heterocycles. The molecule has 6 nitrogen and oxygen atoms in total. The Kier molecular flexibility index (Phi) is 5.41. The summed E-state index contributed by atoms with van der Waals surface area (Å²) in [4.78, 5) is 15.0. The van der Waals surface area contributed by atoms with Crippen LogP contribution in [-0.2, 0) is 6.42 Å². The van der Waals surface area contributed by atoms with Crippen LogP contribution in [0.3, 0.4) is 0 Å². The third-order valence-corrected chi connectivity index (χ3v) is 3.84. The quantitative estimate of drug-likeness (QED) is 0.715. The minimum absolute atomic E-state index is 0.557. The Bertz CT molecular complexity index is 810. The smallest absolute Gasteiger partial charge is 0.229 e. The number of ether oxygens (including phenoxy) is 1. The van der Waals surface area contributed by atoms with E-state index >= 15 is 0 Å². The SMILES string of the molecule is COc1cccc(Nc2nccc(N(C)CCc3ccncc3)n2)c1. The number of anilines is 3. The molecule has 0 spiro atoms. The van der Waals surface area contributed by atoms with Gasteiger partial charge in [-0.1, -0.05) is 6.07 Å². The molecule has 0 fully saturated rings. The summed E-state index contributed by atoms with van der Waals surface area (Å²) in [6.45, 7) is 0.861. The molecule has 0 saturated carbocycles. The second kappa shape index (κ2) is 8.10. The summed E-state index contributed by atoms with van der Waals surface area (Å²) in [5, 5.41) is 3.21. The number of benzene rings is 1. The standard InChI is InChI=1S/C19H21N5O/c1-24(13-9-15-6-10-20-11-7-15)18-8-12-21-19(23-18)22-16-4-3-5-17(14-16)25-2/h3-8,10-12,14H,9,13H2,1-2H3,(H,21,22,23). The van der Waals surface area contributed by atoms with Crippen molar-refractivity contribution in [1.82, 2.24) is 15.0 Å². The van der Waals surface area contributed by atoms with Crippen LogP contribution in [0, 0.1) is 0 Å². The van der Waals surface area contributed by atoms with Crippen LogP contribution in [0.25, 0.3) is 0 Å². The van der Waals surface area contributed by atoms with Gasteiger partial charge in [0.25, 0.3) is 0 Å². The molecule has 0 amide bonds. The van der Waals surface area contributed by atoms with Crippen molar-refractivity contribution >= 4 is 17.5 Å². The fourth-order valence-corrected chi connectivity index (χ4v) is 2.41. The predicted molar refractivity (Wildman–Crippen MR) is 99.5 cm³/mol. The number of rotatable bonds is 7. The molecule has 25 heavy (non-hydrogen) atoms. The van der Waals surface area contributed by atoms with Gasteiger partial charge < -0.3 is 15.0 Å². The van der Waals surface area contributed by atoms with Gasteiger partial charge >= 0.3 is 0 Å². The van der Waals surface area contributed by atoms with E-state index < -0.39 is 0 Å². The Morgan fingerprint density at radius 3 is 2.72 bits per heavy atom. The minimum atomic E-state index is 0.557. The summed E-state index contributed by atoms with van der Waals surface area (Å²) in [5.74, 6) is 2.21. The van der Waals surface area contributed by atoms with Gasteiger partial charge in [-0.05, 0) is 42.3 Å². The van der Waals surface area contributed by atoms with Gasteiger partial charge in [-0.15, -0.1) is 0 Å². The van der Waals surface area contributed by atoms with Crippen molar-refractivity contribution in [2.75, 3.05) is 30.9 Å². The molecule has 128 valence electrons. The first-order chi connectivity index (χ1) is 12.2. The van der Waals surface area contributed by atoms with Crippen LogP contribution < -0.4 is 15.0 Å². The molecule has 0 aliphatic carbocycles. The maximum Gasteiger partial charge on any atom is 0.229 e. The maximum atomic E-state index is 5.23. The molecule has 1 N–H and O–H groups in total. The molecule has 0 atom stereocenters. The number of methoxy groups -OCH3 is 1. The van der Waals surface area contributed by atoms with E-state index in [1.807, 2.05) is 61.9 Å².